The Morgan fingerprint density at radius 3 is 2.62 bits per heavy atom. The van der Waals surface area contributed by atoms with Gasteiger partial charge in [0.05, 0.1) is 12.5 Å². The number of hydrogen-bond acceptors (Lipinski definition) is 2. The van der Waals surface area contributed by atoms with Gasteiger partial charge >= 0.3 is 0 Å². The Hall–Kier alpha value is -0.370. The Morgan fingerprint density at radius 2 is 2.08 bits per heavy atom. The van der Waals surface area contributed by atoms with Crippen LogP contribution in [0.5, 0.6) is 0 Å². The van der Waals surface area contributed by atoms with E-state index in [1.165, 1.54) is 0 Å². The van der Waals surface area contributed by atoms with Gasteiger partial charge in [0.15, 0.2) is 0 Å². The van der Waals surface area contributed by atoms with E-state index in [1.54, 1.807) is 0 Å². The van der Waals surface area contributed by atoms with E-state index in [2.05, 4.69) is 31.9 Å². The molecule has 0 amide bonds. The molecule has 2 N–H and O–H groups in total. The number of nitrogens with zero attached hydrogens (tertiary/aromatic N) is 1. The lowest BCUT2D eigenvalue weighted by molar-refractivity contribution is 0.748. The van der Waals surface area contributed by atoms with Gasteiger partial charge < -0.3 is 5.73 Å². The molecule has 1 aromatic carbocycles. The highest BCUT2D eigenvalue weighted by molar-refractivity contribution is 9.13. The SMILES string of the molecule is N#CC[C@H](N)c1ccc(Br)c(Br)c1. The topological polar surface area (TPSA) is 49.8 Å². The average molecular weight is 304 g/mol. The first-order chi connectivity index (χ1) is 6.15. The molecule has 13 heavy (non-hydrogen) atoms. The van der Waals surface area contributed by atoms with Crippen molar-refractivity contribution in [3.8, 4) is 6.07 Å². The van der Waals surface area contributed by atoms with Crippen LogP contribution in [0.15, 0.2) is 27.1 Å². The fourth-order valence-electron chi connectivity index (χ4n) is 0.959. The summed E-state index contributed by atoms with van der Waals surface area (Å²) < 4.78 is 1.94. The highest BCUT2D eigenvalue weighted by Gasteiger charge is 2.06. The van der Waals surface area contributed by atoms with Gasteiger partial charge in [-0.15, -0.1) is 0 Å². The van der Waals surface area contributed by atoms with Crippen molar-refractivity contribution in [1.29, 1.82) is 5.26 Å². The summed E-state index contributed by atoms with van der Waals surface area (Å²) >= 11 is 6.74. The highest BCUT2D eigenvalue weighted by atomic mass is 79.9. The van der Waals surface area contributed by atoms with Crippen molar-refractivity contribution in [2.24, 2.45) is 5.73 Å². The molecular formula is C9H8Br2N2. The monoisotopic (exact) mass is 302 g/mol. The average Bonchev–Trinajstić information content (AvgIpc) is 2.10. The number of halogens is 2. The summed E-state index contributed by atoms with van der Waals surface area (Å²) in [5.41, 5.74) is 6.73. The molecule has 0 fully saturated rings. The van der Waals surface area contributed by atoms with Crippen LogP contribution in [0.2, 0.25) is 0 Å². The van der Waals surface area contributed by atoms with Crippen molar-refractivity contribution in [3.05, 3.63) is 32.7 Å². The first-order valence-electron chi connectivity index (χ1n) is 3.72. The molecule has 1 rings (SSSR count). The molecule has 4 heteroatoms. The van der Waals surface area contributed by atoms with Gasteiger partial charge in [-0.2, -0.15) is 5.26 Å². The molecule has 0 aliphatic rings. The Balaban J connectivity index is 2.91. The molecule has 0 aliphatic heterocycles. The number of nitriles is 1. The summed E-state index contributed by atoms with van der Waals surface area (Å²) in [6, 6.07) is 7.60. The molecule has 1 atom stereocenters. The molecule has 0 saturated heterocycles. The lowest BCUT2D eigenvalue weighted by Crippen LogP contribution is -2.08. The third kappa shape index (κ3) is 2.80. The van der Waals surface area contributed by atoms with E-state index in [4.69, 9.17) is 11.0 Å². The van der Waals surface area contributed by atoms with Crippen LogP contribution in [0.3, 0.4) is 0 Å². The van der Waals surface area contributed by atoms with Crippen LogP contribution in [-0.2, 0) is 0 Å². The summed E-state index contributed by atoms with van der Waals surface area (Å²) in [6.07, 6.45) is 0.341. The molecule has 0 spiro atoms. The van der Waals surface area contributed by atoms with Crippen LogP contribution in [0, 0.1) is 11.3 Å². The minimum atomic E-state index is -0.200. The van der Waals surface area contributed by atoms with Crippen LogP contribution >= 0.6 is 31.9 Å². The van der Waals surface area contributed by atoms with Gasteiger partial charge in [0.25, 0.3) is 0 Å². The van der Waals surface area contributed by atoms with Crippen LogP contribution in [0.4, 0.5) is 0 Å². The summed E-state index contributed by atoms with van der Waals surface area (Å²) in [6.45, 7) is 0. The zero-order chi connectivity index (χ0) is 9.84. The highest BCUT2D eigenvalue weighted by Crippen LogP contribution is 2.26. The van der Waals surface area contributed by atoms with E-state index in [1.807, 2.05) is 24.3 Å². The third-order valence-electron chi connectivity index (χ3n) is 1.68. The van der Waals surface area contributed by atoms with Gasteiger partial charge in [-0.1, -0.05) is 6.07 Å². The zero-order valence-corrected chi connectivity index (χ0v) is 9.97. The van der Waals surface area contributed by atoms with Crippen LogP contribution in [0.25, 0.3) is 0 Å². The summed E-state index contributed by atoms with van der Waals surface area (Å²) in [4.78, 5) is 0. The first-order valence-corrected chi connectivity index (χ1v) is 5.31. The van der Waals surface area contributed by atoms with Crippen LogP contribution in [0.1, 0.15) is 18.0 Å². The molecule has 0 aromatic heterocycles. The number of benzene rings is 1. The van der Waals surface area contributed by atoms with E-state index in [-0.39, 0.29) is 6.04 Å². The van der Waals surface area contributed by atoms with E-state index < -0.39 is 0 Å². The molecule has 68 valence electrons. The maximum absolute atomic E-state index is 8.47. The predicted octanol–water partition coefficient (Wildman–Crippen LogP) is 3.13. The van der Waals surface area contributed by atoms with E-state index in [9.17, 15) is 0 Å². The fourth-order valence-corrected chi connectivity index (χ4v) is 1.60. The van der Waals surface area contributed by atoms with Crippen molar-refractivity contribution >= 4 is 31.9 Å². The second-order valence-corrected chi connectivity index (χ2v) is 4.35. The Bertz CT molecular complexity index is 344. The molecular weight excluding hydrogens is 296 g/mol. The Morgan fingerprint density at radius 1 is 1.38 bits per heavy atom. The molecule has 0 unspecified atom stereocenters. The summed E-state index contributed by atoms with van der Waals surface area (Å²) in [5.74, 6) is 0. The minimum Gasteiger partial charge on any atom is -0.323 e. The van der Waals surface area contributed by atoms with Gasteiger partial charge in [-0.3, -0.25) is 0 Å². The molecule has 2 nitrogen and oxygen atoms in total. The van der Waals surface area contributed by atoms with Gasteiger partial charge in [0, 0.05) is 15.0 Å². The fraction of sp³-hybridized carbons (Fsp3) is 0.222. The van der Waals surface area contributed by atoms with Gasteiger partial charge in [-0.05, 0) is 49.6 Å². The molecule has 0 bridgehead atoms. The van der Waals surface area contributed by atoms with Crippen molar-refractivity contribution in [1.82, 2.24) is 0 Å². The molecule has 0 radical (unpaired) electrons. The predicted molar refractivity (Wildman–Crippen MR) is 59.0 cm³/mol. The second kappa shape index (κ2) is 4.75. The summed E-state index contributed by atoms with van der Waals surface area (Å²) in [5, 5.41) is 8.47. The van der Waals surface area contributed by atoms with E-state index in [0.717, 1.165) is 14.5 Å². The largest absolute Gasteiger partial charge is 0.323 e. The first kappa shape index (κ1) is 10.7. The number of nitrogens with two attached hydrogens (primary N) is 1. The van der Waals surface area contributed by atoms with Crippen molar-refractivity contribution < 1.29 is 0 Å². The standard InChI is InChI=1S/C9H8Br2N2/c10-7-2-1-6(5-8(7)11)9(13)3-4-12/h1-2,5,9H,3,13H2/t9-/m0/s1. The van der Waals surface area contributed by atoms with Gasteiger partial charge in [-0.25, -0.2) is 0 Å². The van der Waals surface area contributed by atoms with E-state index in [0.29, 0.717) is 6.42 Å². The van der Waals surface area contributed by atoms with E-state index >= 15 is 0 Å². The smallest absolute Gasteiger partial charge is 0.0641 e. The zero-order valence-electron chi connectivity index (χ0n) is 6.80. The van der Waals surface area contributed by atoms with Crippen molar-refractivity contribution in [3.63, 3.8) is 0 Å². The van der Waals surface area contributed by atoms with Crippen molar-refractivity contribution in [2.75, 3.05) is 0 Å². The van der Waals surface area contributed by atoms with Gasteiger partial charge in [0.1, 0.15) is 0 Å². The number of rotatable bonds is 2. The third-order valence-corrected chi connectivity index (χ3v) is 3.56. The minimum absolute atomic E-state index is 0.200. The Kier molecular flexibility index (Phi) is 3.91. The second-order valence-electron chi connectivity index (χ2n) is 2.64. The van der Waals surface area contributed by atoms with Gasteiger partial charge in [0.2, 0.25) is 0 Å². The lowest BCUT2D eigenvalue weighted by Gasteiger charge is -2.08. The number of hydrogen-bond donors (Lipinski definition) is 1. The Labute approximate surface area is 94.0 Å². The molecule has 0 heterocycles. The maximum atomic E-state index is 8.47. The molecule has 0 saturated carbocycles. The van der Waals surface area contributed by atoms with Crippen LogP contribution < -0.4 is 5.73 Å². The lowest BCUT2D eigenvalue weighted by atomic mass is 10.1. The summed E-state index contributed by atoms with van der Waals surface area (Å²) in [7, 11) is 0. The molecule has 0 aliphatic carbocycles. The normalized spacial score (nSPS) is 12.2. The van der Waals surface area contributed by atoms with Crippen molar-refractivity contribution in [2.45, 2.75) is 12.5 Å². The van der Waals surface area contributed by atoms with Crippen LogP contribution in [-0.4, -0.2) is 0 Å². The maximum Gasteiger partial charge on any atom is 0.0641 e. The quantitative estimate of drug-likeness (QED) is 0.912. The molecule has 1 aromatic rings.